The number of rotatable bonds is 8. The number of hydrogen-bond donors (Lipinski definition) is 2. The van der Waals surface area contributed by atoms with E-state index in [0.717, 1.165) is 11.8 Å². The number of nitrogens with one attached hydrogen (secondary N) is 1. The lowest BCUT2D eigenvalue weighted by Gasteiger charge is -2.15. The van der Waals surface area contributed by atoms with Gasteiger partial charge in [-0.2, -0.15) is 0 Å². The number of halogens is 3. The molecule has 0 unspecified atom stereocenters. The fourth-order valence-electron chi connectivity index (χ4n) is 2.52. The number of ether oxygens (including phenoxy) is 1. The molecule has 0 heterocycles. The van der Waals surface area contributed by atoms with Gasteiger partial charge < -0.3 is 9.84 Å². The van der Waals surface area contributed by atoms with Crippen LogP contribution >= 0.6 is 31.9 Å². The maximum absolute atomic E-state index is 14.6. The van der Waals surface area contributed by atoms with Crippen LogP contribution in [-0.2, 0) is 27.8 Å². The van der Waals surface area contributed by atoms with Crippen LogP contribution in [0.1, 0.15) is 23.1 Å². The van der Waals surface area contributed by atoms with Crippen molar-refractivity contribution in [2.24, 2.45) is 0 Å². The first-order chi connectivity index (χ1) is 13.0. The van der Waals surface area contributed by atoms with E-state index in [1.54, 1.807) is 25.1 Å². The highest BCUT2D eigenvalue weighted by Crippen LogP contribution is 2.36. The van der Waals surface area contributed by atoms with E-state index >= 15 is 0 Å². The van der Waals surface area contributed by atoms with Crippen molar-refractivity contribution in [2.75, 3.05) is 11.0 Å². The first-order valence-electron chi connectivity index (χ1n) is 8.05. The average molecular weight is 539 g/mol. The van der Waals surface area contributed by atoms with E-state index in [1.165, 1.54) is 6.07 Å². The molecule has 0 saturated heterocycles. The maximum atomic E-state index is 14.6. The van der Waals surface area contributed by atoms with Crippen LogP contribution < -0.4 is 9.46 Å². The average Bonchev–Trinajstić information content (AvgIpc) is 2.54. The standard InChI is InChI=1S/C18H18Br2FNO5S/c1-10-5-12(17(21)15(6-10)22-28(2,25)26)9-27-18-13(19)7-11(8-14(18)20)3-4-16(23)24/h5-8,22H,3-4,9H2,1-2H3,(H,23,24). The summed E-state index contributed by atoms with van der Waals surface area (Å²) in [6.07, 6.45) is 1.31. The fourth-order valence-corrected chi connectivity index (χ4v) is 4.58. The second-order valence-electron chi connectivity index (χ2n) is 6.23. The molecule has 0 aliphatic carbocycles. The third kappa shape index (κ3) is 6.46. The Kier molecular flexibility index (Phi) is 7.46. The molecular formula is C18H18Br2FNO5S. The topological polar surface area (TPSA) is 92.7 Å². The van der Waals surface area contributed by atoms with Gasteiger partial charge in [0.2, 0.25) is 10.0 Å². The number of benzene rings is 2. The van der Waals surface area contributed by atoms with Gasteiger partial charge in [0.05, 0.1) is 20.9 Å². The van der Waals surface area contributed by atoms with E-state index in [-0.39, 0.29) is 24.3 Å². The predicted molar refractivity (Wildman–Crippen MR) is 112 cm³/mol. The molecule has 2 rings (SSSR count). The van der Waals surface area contributed by atoms with E-state index in [9.17, 15) is 17.6 Å². The predicted octanol–water partition coefficient (Wildman–Crippen LogP) is 4.63. The Hall–Kier alpha value is -1.65. The molecule has 0 amide bonds. The van der Waals surface area contributed by atoms with Gasteiger partial charge >= 0.3 is 5.97 Å². The van der Waals surface area contributed by atoms with Crippen molar-refractivity contribution in [1.82, 2.24) is 0 Å². The molecule has 0 aliphatic rings. The molecule has 152 valence electrons. The molecule has 0 spiro atoms. The van der Waals surface area contributed by atoms with Gasteiger partial charge in [-0.1, -0.05) is 0 Å². The minimum atomic E-state index is -3.62. The summed E-state index contributed by atoms with van der Waals surface area (Å²) in [5, 5.41) is 8.79. The summed E-state index contributed by atoms with van der Waals surface area (Å²) in [5.74, 6) is -1.17. The van der Waals surface area contributed by atoms with E-state index in [0.29, 0.717) is 26.7 Å². The highest BCUT2D eigenvalue weighted by molar-refractivity contribution is 9.11. The molecule has 0 aromatic heterocycles. The van der Waals surface area contributed by atoms with Gasteiger partial charge in [-0.3, -0.25) is 9.52 Å². The lowest BCUT2D eigenvalue weighted by atomic mass is 10.1. The van der Waals surface area contributed by atoms with E-state index in [2.05, 4.69) is 36.6 Å². The molecule has 2 N–H and O–H groups in total. The highest BCUT2D eigenvalue weighted by atomic mass is 79.9. The van der Waals surface area contributed by atoms with Crippen molar-refractivity contribution < 1.29 is 27.4 Å². The Morgan fingerprint density at radius 1 is 1.21 bits per heavy atom. The normalized spacial score (nSPS) is 11.3. The van der Waals surface area contributed by atoms with E-state index in [4.69, 9.17) is 9.84 Å². The molecule has 0 fully saturated rings. The van der Waals surface area contributed by atoms with E-state index < -0.39 is 21.8 Å². The second-order valence-corrected chi connectivity index (χ2v) is 9.69. The minimum absolute atomic E-state index is 0.00367. The quantitative estimate of drug-likeness (QED) is 0.511. The largest absolute Gasteiger partial charge is 0.486 e. The van der Waals surface area contributed by atoms with Gasteiger partial charge in [-0.05, 0) is 80.6 Å². The molecule has 10 heteroatoms. The van der Waals surface area contributed by atoms with Crippen molar-refractivity contribution >= 4 is 53.5 Å². The lowest BCUT2D eigenvalue weighted by molar-refractivity contribution is -0.136. The summed E-state index contributed by atoms with van der Waals surface area (Å²) in [7, 11) is -3.62. The number of sulfonamides is 1. The molecule has 2 aromatic rings. The van der Waals surface area contributed by atoms with Crippen LogP contribution in [0.25, 0.3) is 0 Å². The summed E-state index contributed by atoms with van der Waals surface area (Å²) in [6, 6.07) is 6.47. The number of anilines is 1. The number of aryl methyl sites for hydroxylation is 2. The van der Waals surface area contributed by atoms with Crippen LogP contribution in [0, 0.1) is 12.7 Å². The third-order valence-electron chi connectivity index (χ3n) is 3.65. The van der Waals surface area contributed by atoms with Gasteiger partial charge in [0.15, 0.2) is 5.82 Å². The van der Waals surface area contributed by atoms with Crippen LogP contribution in [0.15, 0.2) is 33.2 Å². The number of carboxylic acids is 1. The zero-order valence-electron chi connectivity index (χ0n) is 15.1. The molecule has 2 aromatic carbocycles. The Morgan fingerprint density at radius 3 is 2.36 bits per heavy atom. The lowest BCUT2D eigenvalue weighted by Crippen LogP contribution is -2.12. The first kappa shape index (κ1) is 22.6. The molecular weight excluding hydrogens is 521 g/mol. The van der Waals surface area contributed by atoms with Gasteiger partial charge in [-0.15, -0.1) is 0 Å². The Balaban J connectivity index is 2.23. The number of aliphatic carboxylic acids is 1. The molecule has 28 heavy (non-hydrogen) atoms. The third-order valence-corrected chi connectivity index (χ3v) is 5.41. The second kappa shape index (κ2) is 9.23. The Bertz CT molecular complexity index is 988. The maximum Gasteiger partial charge on any atom is 0.303 e. The van der Waals surface area contributed by atoms with E-state index in [1.807, 2.05) is 0 Å². The molecule has 0 aliphatic heterocycles. The van der Waals surface area contributed by atoms with Crippen LogP contribution in [-0.4, -0.2) is 25.7 Å². The summed E-state index contributed by atoms with van der Waals surface area (Å²) in [4.78, 5) is 10.7. The highest BCUT2D eigenvalue weighted by Gasteiger charge is 2.16. The molecule has 0 radical (unpaired) electrons. The SMILES string of the molecule is Cc1cc(COc2c(Br)cc(CCC(=O)O)cc2Br)c(F)c(NS(C)(=O)=O)c1. The van der Waals surface area contributed by atoms with Gasteiger partial charge in [0.1, 0.15) is 12.4 Å². The smallest absolute Gasteiger partial charge is 0.303 e. The molecule has 6 nitrogen and oxygen atoms in total. The fraction of sp³-hybridized carbons (Fsp3) is 0.278. The first-order valence-corrected chi connectivity index (χ1v) is 11.5. The minimum Gasteiger partial charge on any atom is -0.486 e. The summed E-state index contributed by atoms with van der Waals surface area (Å²) in [5.41, 5.74) is 1.53. The molecule has 0 bridgehead atoms. The van der Waals surface area contributed by atoms with Crippen molar-refractivity contribution in [1.29, 1.82) is 0 Å². The van der Waals surface area contributed by atoms with Crippen LogP contribution in [0.5, 0.6) is 5.75 Å². The Morgan fingerprint density at radius 2 is 1.82 bits per heavy atom. The van der Waals surface area contributed by atoms with Gasteiger partial charge in [0, 0.05) is 12.0 Å². The van der Waals surface area contributed by atoms with Gasteiger partial charge in [0.25, 0.3) is 0 Å². The summed E-state index contributed by atoms with van der Waals surface area (Å²) >= 11 is 6.76. The van der Waals surface area contributed by atoms with Crippen molar-refractivity contribution in [3.63, 3.8) is 0 Å². The summed E-state index contributed by atoms with van der Waals surface area (Å²) < 4.78 is 46.5. The summed E-state index contributed by atoms with van der Waals surface area (Å²) in [6.45, 7) is 1.59. The number of carboxylic acid groups (broad SMARTS) is 1. The zero-order chi connectivity index (χ0) is 21.1. The monoisotopic (exact) mass is 537 g/mol. The van der Waals surface area contributed by atoms with Crippen molar-refractivity contribution in [2.45, 2.75) is 26.4 Å². The van der Waals surface area contributed by atoms with Crippen molar-refractivity contribution in [3.05, 3.63) is 55.7 Å². The van der Waals surface area contributed by atoms with Crippen LogP contribution in [0.3, 0.4) is 0 Å². The number of carbonyl (C=O) groups is 1. The van der Waals surface area contributed by atoms with Crippen LogP contribution in [0.4, 0.5) is 10.1 Å². The molecule has 0 atom stereocenters. The Labute approximate surface area is 179 Å². The van der Waals surface area contributed by atoms with Crippen LogP contribution in [0.2, 0.25) is 0 Å². The molecule has 0 saturated carbocycles. The van der Waals surface area contributed by atoms with Gasteiger partial charge in [-0.25, -0.2) is 12.8 Å². The van der Waals surface area contributed by atoms with Crippen molar-refractivity contribution in [3.8, 4) is 5.75 Å². The zero-order valence-corrected chi connectivity index (χ0v) is 19.0. The number of hydrogen-bond acceptors (Lipinski definition) is 4.